The van der Waals surface area contributed by atoms with Crippen molar-refractivity contribution >= 4 is 0 Å². The Balaban J connectivity index is 2.14. The maximum absolute atomic E-state index is 13.5. The molecule has 0 spiro atoms. The van der Waals surface area contributed by atoms with E-state index in [2.05, 4.69) is 13.8 Å². The Morgan fingerprint density at radius 3 is 2.78 bits per heavy atom. The van der Waals surface area contributed by atoms with Crippen molar-refractivity contribution in [1.29, 1.82) is 0 Å². The second-order valence-electron chi connectivity index (χ2n) is 5.71. The summed E-state index contributed by atoms with van der Waals surface area (Å²) in [5, 5.41) is 9.88. The van der Waals surface area contributed by atoms with Crippen LogP contribution in [0, 0.1) is 17.0 Å². The Bertz CT molecular complexity index is 432. The molecule has 1 aliphatic rings. The van der Waals surface area contributed by atoms with Crippen molar-refractivity contribution in [3.05, 3.63) is 29.8 Å². The fraction of sp³-hybridized carbons (Fsp3) is 0.571. The van der Waals surface area contributed by atoms with Gasteiger partial charge in [-0.25, -0.2) is 8.78 Å². The lowest BCUT2D eigenvalue weighted by molar-refractivity contribution is -0.0320. The Kier molecular flexibility index (Phi) is 3.57. The Morgan fingerprint density at radius 1 is 1.33 bits per heavy atom. The Morgan fingerprint density at radius 2 is 2.06 bits per heavy atom. The average molecular weight is 256 g/mol. The van der Waals surface area contributed by atoms with E-state index in [0.29, 0.717) is 12.8 Å². The van der Waals surface area contributed by atoms with Crippen molar-refractivity contribution in [3.8, 4) is 5.75 Å². The predicted octanol–water partition coefficient (Wildman–Crippen LogP) is 3.28. The molecule has 2 rings (SSSR count). The van der Waals surface area contributed by atoms with Gasteiger partial charge >= 0.3 is 0 Å². The first-order chi connectivity index (χ1) is 8.37. The molecular formula is C14H18F2O2. The van der Waals surface area contributed by atoms with E-state index in [1.165, 1.54) is 0 Å². The molecule has 4 heteroatoms. The van der Waals surface area contributed by atoms with Gasteiger partial charge in [-0.1, -0.05) is 13.8 Å². The zero-order valence-electron chi connectivity index (χ0n) is 10.6. The van der Waals surface area contributed by atoms with E-state index in [4.69, 9.17) is 4.74 Å². The SMILES string of the molecule is CC1(C)CCC(O)C(Oc2cc(F)ccc2F)C1. The lowest BCUT2D eigenvalue weighted by Gasteiger charge is -2.38. The van der Waals surface area contributed by atoms with E-state index >= 15 is 0 Å². The minimum Gasteiger partial charge on any atom is -0.485 e. The van der Waals surface area contributed by atoms with Gasteiger partial charge in [-0.2, -0.15) is 0 Å². The smallest absolute Gasteiger partial charge is 0.165 e. The highest BCUT2D eigenvalue weighted by atomic mass is 19.1. The highest BCUT2D eigenvalue weighted by molar-refractivity contribution is 5.25. The predicted molar refractivity (Wildman–Crippen MR) is 64.4 cm³/mol. The minimum atomic E-state index is -0.624. The number of hydrogen-bond donors (Lipinski definition) is 1. The molecule has 1 saturated carbocycles. The van der Waals surface area contributed by atoms with Crippen LogP contribution in [0.15, 0.2) is 18.2 Å². The molecule has 1 fully saturated rings. The second kappa shape index (κ2) is 4.84. The van der Waals surface area contributed by atoms with E-state index in [1.54, 1.807) is 0 Å². The van der Waals surface area contributed by atoms with Crippen LogP contribution in [0.3, 0.4) is 0 Å². The summed E-state index contributed by atoms with van der Waals surface area (Å²) in [7, 11) is 0. The van der Waals surface area contributed by atoms with Gasteiger partial charge in [0.2, 0.25) is 0 Å². The standard InChI is InChI=1S/C14H18F2O2/c1-14(2)6-5-11(17)13(8-14)18-12-7-9(15)3-4-10(12)16/h3-4,7,11,13,17H,5-6,8H2,1-2H3. The van der Waals surface area contributed by atoms with E-state index in [-0.39, 0.29) is 11.2 Å². The van der Waals surface area contributed by atoms with Gasteiger partial charge in [0.25, 0.3) is 0 Å². The lowest BCUT2D eigenvalue weighted by atomic mass is 9.75. The molecule has 1 aliphatic carbocycles. The second-order valence-corrected chi connectivity index (χ2v) is 5.71. The van der Waals surface area contributed by atoms with E-state index in [0.717, 1.165) is 24.6 Å². The molecule has 0 heterocycles. The summed E-state index contributed by atoms with van der Waals surface area (Å²) in [5.41, 5.74) is 0.0493. The quantitative estimate of drug-likeness (QED) is 0.880. The maximum Gasteiger partial charge on any atom is 0.165 e. The molecule has 1 aromatic rings. The number of rotatable bonds is 2. The highest BCUT2D eigenvalue weighted by Gasteiger charge is 2.35. The molecule has 2 atom stereocenters. The summed E-state index contributed by atoms with van der Waals surface area (Å²) in [5.74, 6) is -1.28. The van der Waals surface area contributed by atoms with E-state index in [1.807, 2.05) is 0 Å². The maximum atomic E-state index is 13.5. The molecule has 2 nitrogen and oxygen atoms in total. The van der Waals surface area contributed by atoms with Gasteiger partial charge < -0.3 is 9.84 Å². The van der Waals surface area contributed by atoms with Crippen LogP contribution in [0.4, 0.5) is 8.78 Å². The molecule has 1 N–H and O–H groups in total. The first kappa shape index (κ1) is 13.3. The van der Waals surface area contributed by atoms with Gasteiger partial charge in [0.15, 0.2) is 11.6 Å². The number of aliphatic hydroxyl groups excluding tert-OH is 1. The van der Waals surface area contributed by atoms with Crippen molar-refractivity contribution in [1.82, 2.24) is 0 Å². The summed E-state index contributed by atoms with van der Waals surface area (Å²) in [4.78, 5) is 0. The van der Waals surface area contributed by atoms with Crippen molar-refractivity contribution < 1.29 is 18.6 Å². The van der Waals surface area contributed by atoms with Crippen LogP contribution in [0.2, 0.25) is 0 Å². The number of aliphatic hydroxyl groups is 1. The summed E-state index contributed by atoms with van der Waals surface area (Å²) < 4.78 is 32.0. The molecule has 0 saturated heterocycles. The Labute approximate surface area is 106 Å². The van der Waals surface area contributed by atoms with Crippen LogP contribution < -0.4 is 4.74 Å². The molecule has 100 valence electrons. The highest BCUT2D eigenvalue weighted by Crippen LogP contribution is 2.37. The largest absolute Gasteiger partial charge is 0.485 e. The Hall–Kier alpha value is -1.16. The van der Waals surface area contributed by atoms with Crippen LogP contribution in [-0.2, 0) is 0 Å². The normalized spacial score (nSPS) is 26.9. The molecule has 0 bridgehead atoms. The zero-order chi connectivity index (χ0) is 13.3. The summed E-state index contributed by atoms with van der Waals surface area (Å²) >= 11 is 0. The minimum absolute atomic E-state index is 0.0493. The number of ether oxygens (including phenoxy) is 1. The molecular weight excluding hydrogens is 238 g/mol. The number of benzene rings is 1. The third-order valence-electron chi connectivity index (χ3n) is 3.47. The zero-order valence-corrected chi connectivity index (χ0v) is 10.6. The van der Waals surface area contributed by atoms with Gasteiger partial charge in [0.05, 0.1) is 6.10 Å². The van der Waals surface area contributed by atoms with Crippen LogP contribution >= 0.6 is 0 Å². The summed E-state index contributed by atoms with van der Waals surface area (Å²) in [6.45, 7) is 4.16. The van der Waals surface area contributed by atoms with Gasteiger partial charge in [0, 0.05) is 6.07 Å². The van der Waals surface area contributed by atoms with Crippen LogP contribution in [0.25, 0.3) is 0 Å². The van der Waals surface area contributed by atoms with Crippen LogP contribution in [-0.4, -0.2) is 17.3 Å². The van der Waals surface area contributed by atoms with Gasteiger partial charge in [-0.3, -0.25) is 0 Å². The van der Waals surface area contributed by atoms with Crippen molar-refractivity contribution in [2.24, 2.45) is 5.41 Å². The first-order valence-corrected chi connectivity index (χ1v) is 6.17. The third-order valence-corrected chi connectivity index (χ3v) is 3.47. The van der Waals surface area contributed by atoms with Crippen LogP contribution in [0.5, 0.6) is 5.75 Å². The van der Waals surface area contributed by atoms with Crippen LogP contribution in [0.1, 0.15) is 33.1 Å². The number of hydrogen-bond acceptors (Lipinski definition) is 2. The molecule has 18 heavy (non-hydrogen) atoms. The van der Waals surface area contributed by atoms with Crippen molar-refractivity contribution in [2.45, 2.75) is 45.3 Å². The molecule has 0 radical (unpaired) electrons. The first-order valence-electron chi connectivity index (χ1n) is 6.17. The lowest BCUT2D eigenvalue weighted by Crippen LogP contribution is -2.41. The topological polar surface area (TPSA) is 29.5 Å². The molecule has 2 unspecified atom stereocenters. The fourth-order valence-electron chi connectivity index (χ4n) is 2.36. The average Bonchev–Trinajstić information content (AvgIpc) is 2.28. The molecule has 0 aromatic heterocycles. The molecule has 0 amide bonds. The molecule has 0 aliphatic heterocycles. The van der Waals surface area contributed by atoms with E-state index in [9.17, 15) is 13.9 Å². The van der Waals surface area contributed by atoms with E-state index < -0.39 is 23.8 Å². The van der Waals surface area contributed by atoms with Gasteiger partial charge in [0.1, 0.15) is 11.9 Å². The molecule has 1 aromatic carbocycles. The van der Waals surface area contributed by atoms with Gasteiger partial charge in [-0.05, 0) is 36.8 Å². The summed E-state index contributed by atoms with van der Waals surface area (Å²) in [6, 6.07) is 3.10. The fourth-order valence-corrected chi connectivity index (χ4v) is 2.36. The third kappa shape index (κ3) is 2.99. The monoisotopic (exact) mass is 256 g/mol. The summed E-state index contributed by atoms with van der Waals surface area (Å²) in [6.07, 6.45) is 1.05. The van der Waals surface area contributed by atoms with Crippen molar-refractivity contribution in [3.63, 3.8) is 0 Å². The van der Waals surface area contributed by atoms with Crippen molar-refractivity contribution in [2.75, 3.05) is 0 Å². The van der Waals surface area contributed by atoms with Gasteiger partial charge in [-0.15, -0.1) is 0 Å². The number of halogens is 2.